The number of aliphatic hydroxyl groups is 1. The van der Waals surface area contributed by atoms with E-state index in [0.29, 0.717) is 24.2 Å². The topological polar surface area (TPSA) is 78.4 Å². The number of nitrogens with one attached hydrogen (secondary N) is 2. The normalized spacial score (nSPS) is 11.6. The molecule has 0 heterocycles. The van der Waals surface area contributed by atoms with Crippen molar-refractivity contribution in [2.24, 2.45) is 0 Å². The predicted octanol–water partition coefficient (Wildman–Crippen LogP) is 2.57. The fourth-order valence-electron chi connectivity index (χ4n) is 2.40. The second kappa shape index (κ2) is 9.59. The fourth-order valence-corrected chi connectivity index (χ4v) is 2.40. The number of rotatable bonds is 8. The van der Waals surface area contributed by atoms with Gasteiger partial charge in [0, 0.05) is 18.7 Å². The van der Waals surface area contributed by atoms with Crippen molar-refractivity contribution in [3.63, 3.8) is 0 Å². The van der Waals surface area contributed by atoms with Crippen molar-refractivity contribution in [1.82, 2.24) is 10.6 Å². The number of hydrogen-bond donors (Lipinski definition) is 3. The highest BCUT2D eigenvalue weighted by atomic mass is 16.3. The van der Waals surface area contributed by atoms with Crippen LogP contribution in [0.15, 0.2) is 54.6 Å². The van der Waals surface area contributed by atoms with E-state index in [1.54, 1.807) is 30.3 Å². The van der Waals surface area contributed by atoms with Gasteiger partial charge >= 0.3 is 0 Å². The Labute approximate surface area is 148 Å². The summed E-state index contributed by atoms with van der Waals surface area (Å²) >= 11 is 0. The van der Waals surface area contributed by atoms with Gasteiger partial charge in [-0.3, -0.25) is 9.59 Å². The molecule has 2 rings (SSSR count). The summed E-state index contributed by atoms with van der Waals surface area (Å²) in [5, 5.41) is 15.7. The second-order valence-electron chi connectivity index (χ2n) is 5.86. The van der Waals surface area contributed by atoms with Gasteiger partial charge in [-0.05, 0) is 29.7 Å². The first-order valence-corrected chi connectivity index (χ1v) is 8.47. The average Bonchev–Trinajstić information content (AvgIpc) is 2.65. The van der Waals surface area contributed by atoms with Crippen molar-refractivity contribution in [2.75, 3.05) is 6.54 Å². The van der Waals surface area contributed by atoms with E-state index in [1.165, 1.54) is 0 Å². The maximum absolute atomic E-state index is 12.0. The van der Waals surface area contributed by atoms with E-state index in [9.17, 15) is 14.7 Å². The lowest BCUT2D eigenvalue weighted by molar-refractivity contribution is -0.123. The molecule has 1 atom stereocenters. The van der Waals surface area contributed by atoms with E-state index < -0.39 is 6.10 Å². The maximum Gasteiger partial charge on any atom is 0.251 e. The summed E-state index contributed by atoms with van der Waals surface area (Å²) in [5.74, 6) is -0.355. The van der Waals surface area contributed by atoms with Crippen LogP contribution in [0.3, 0.4) is 0 Å². The van der Waals surface area contributed by atoms with E-state index in [2.05, 4.69) is 10.6 Å². The molecule has 0 saturated carbocycles. The van der Waals surface area contributed by atoms with E-state index in [0.717, 1.165) is 12.0 Å². The molecule has 0 aliphatic rings. The van der Waals surface area contributed by atoms with Gasteiger partial charge in [0.05, 0.1) is 12.5 Å². The van der Waals surface area contributed by atoms with E-state index >= 15 is 0 Å². The summed E-state index contributed by atoms with van der Waals surface area (Å²) in [5.41, 5.74) is 2.13. The minimum Gasteiger partial charge on any atom is -0.388 e. The van der Waals surface area contributed by atoms with Gasteiger partial charge in [-0.25, -0.2) is 0 Å². The molecule has 0 aliphatic heterocycles. The van der Waals surface area contributed by atoms with Crippen molar-refractivity contribution < 1.29 is 14.7 Å². The molecule has 0 aliphatic carbocycles. The standard InChI is InChI=1S/C20H24N2O3/c1-2-11-21-20(25)17-10-6-7-15(12-17)14-22-19(24)13-18(23)16-8-4-3-5-9-16/h3-10,12,18,23H,2,11,13-14H2,1H3,(H,21,25)(H,22,24). The minimum absolute atomic E-state index is 0.000685. The summed E-state index contributed by atoms with van der Waals surface area (Å²) in [6.07, 6.45) is 0.0543. The molecule has 0 fully saturated rings. The summed E-state index contributed by atoms with van der Waals surface area (Å²) in [6, 6.07) is 16.2. The van der Waals surface area contributed by atoms with Crippen LogP contribution < -0.4 is 10.6 Å². The molecule has 0 saturated heterocycles. The highest BCUT2D eigenvalue weighted by Gasteiger charge is 2.12. The van der Waals surface area contributed by atoms with Crippen molar-refractivity contribution in [2.45, 2.75) is 32.4 Å². The molecule has 0 spiro atoms. The summed E-state index contributed by atoms with van der Waals surface area (Å²) in [4.78, 5) is 24.0. The van der Waals surface area contributed by atoms with Gasteiger partial charge in [-0.1, -0.05) is 49.4 Å². The first-order valence-electron chi connectivity index (χ1n) is 8.47. The second-order valence-corrected chi connectivity index (χ2v) is 5.86. The lowest BCUT2D eigenvalue weighted by Gasteiger charge is -2.12. The average molecular weight is 340 g/mol. The Balaban J connectivity index is 1.86. The summed E-state index contributed by atoms with van der Waals surface area (Å²) in [6.45, 7) is 2.95. The van der Waals surface area contributed by atoms with Crippen LogP contribution in [0.4, 0.5) is 0 Å². The Morgan fingerprint density at radius 3 is 2.52 bits per heavy atom. The number of aliphatic hydroxyl groups excluding tert-OH is 1. The fraction of sp³-hybridized carbons (Fsp3) is 0.300. The van der Waals surface area contributed by atoms with Crippen LogP contribution in [-0.2, 0) is 11.3 Å². The Hall–Kier alpha value is -2.66. The lowest BCUT2D eigenvalue weighted by atomic mass is 10.1. The number of hydrogen-bond acceptors (Lipinski definition) is 3. The zero-order chi connectivity index (χ0) is 18.1. The number of carbonyl (C=O) groups is 2. The molecule has 1 unspecified atom stereocenters. The van der Waals surface area contributed by atoms with Crippen molar-refractivity contribution in [3.05, 3.63) is 71.3 Å². The molecule has 2 aromatic rings. The van der Waals surface area contributed by atoms with Crippen molar-refractivity contribution >= 4 is 11.8 Å². The van der Waals surface area contributed by atoms with Crippen LogP contribution in [0.25, 0.3) is 0 Å². The third kappa shape index (κ3) is 6.04. The van der Waals surface area contributed by atoms with Crippen LogP contribution in [-0.4, -0.2) is 23.5 Å². The first kappa shape index (κ1) is 18.7. The molecule has 0 aromatic heterocycles. The first-order chi connectivity index (χ1) is 12.1. The Morgan fingerprint density at radius 1 is 1.04 bits per heavy atom. The molecule has 2 amide bonds. The monoisotopic (exact) mass is 340 g/mol. The van der Waals surface area contributed by atoms with Gasteiger partial charge in [0.15, 0.2) is 0 Å². The van der Waals surface area contributed by atoms with E-state index in [1.807, 2.05) is 31.2 Å². The van der Waals surface area contributed by atoms with Crippen molar-refractivity contribution in [3.8, 4) is 0 Å². The van der Waals surface area contributed by atoms with Crippen molar-refractivity contribution in [1.29, 1.82) is 0 Å². The zero-order valence-electron chi connectivity index (χ0n) is 14.4. The molecular formula is C20H24N2O3. The van der Waals surface area contributed by atoms with Crippen LogP contribution in [0.5, 0.6) is 0 Å². The molecule has 0 bridgehead atoms. The maximum atomic E-state index is 12.0. The van der Waals surface area contributed by atoms with Crippen LogP contribution in [0.1, 0.15) is 47.4 Å². The van der Waals surface area contributed by atoms with Gasteiger partial charge < -0.3 is 15.7 Å². The third-order valence-electron chi connectivity index (χ3n) is 3.78. The van der Waals surface area contributed by atoms with Crippen LogP contribution in [0.2, 0.25) is 0 Å². The lowest BCUT2D eigenvalue weighted by Crippen LogP contribution is -2.26. The van der Waals surface area contributed by atoms with Crippen LogP contribution in [0, 0.1) is 0 Å². The Morgan fingerprint density at radius 2 is 1.80 bits per heavy atom. The smallest absolute Gasteiger partial charge is 0.251 e. The minimum atomic E-state index is -0.827. The largest absolute Gasteiger partial charge is 0.388 e. The van der Waals surface area contributed by atoms with Gasteiger partial charge in [-0.2, -0.15) is 0 Å². The molecule has 5 nitrogen and oxygen atoms in total. The van der Waals surface area contributed by atoms with Crippen LogP contribution >= 0.6 is 0 Å². The molecule has 3 N–H and O–H groups in total. The molecule has 5 heteroatoms. The van der Waals surface area contributed by atoms with Gasteiger partial charge in [0.2, 0.25) is 5.91 Å². The number of benzene rings is 2. The highest BCUT2D eigenvalue weighted by molar-refractivity contribution is 5.94. The molecule has 25 heavy (non-hydrogen) atoms. The molecule has 132 valence electrons. The number of amides is 2. The Bertz CT molecular complexity index is 701. The predicted molar refractivity (Wildman–Crippen MR) is 96.9 cm³/mol. The molecule has 2 aromatic carbocycles. The molecular weight excluding hydrogens is 316 g/mol. The Kier molecular flexibility index (Phi) is 7.16. The third-order valence-corrected chi connectivity index (χ3v) is 3.78. The summed E-state index contributed by atoms with van der Waals surface area (Å²) < 4.78 is 0. The van der Waals surface area contributed by atoms with E-state index in [-0.39, 0.29) is 18.2 Å². The van der Waals surface area contributed by atoms with Gasteiger partial charge in [-0.15, -0.1) is 0 Å². The SMILES string of the molecule is CCCNC(=O)c1cccc(CNC(=O)CC(O)c2ccccc2)c1. The quantitative estimate of drug-likeness (QED) is 0.691. The number of carbonyl (C=O) groups excluding carboxylic acids is 2. The van der Waals surface area contributed by atoms with Gasteiger partial charge in [0.25, 0.3) is 5.91 Å². The molecule has 0 radical (unpaired) electrons. The zero-order valence-corrected chi connectivity index (χ0v) is 14.4. The summed E-state index contributed by atoms with van der Waals surface area (Å²) in [7, 11) is 0. The van der Waals surface area contributed by atoms with E-state index in [4.69, 9.17) is 0 Å². The highest BCUT2D eigenvalue weighted by Crippen LogP contribution is 2.15. The van der Waals surface area contributed by atoms with Gasteiger partial charge in [0.1, 0.15) is 0 Å².